The first-order valence-electron chi connectivity index (χ1n) is 10.1. The molecule has 0 aliphatic carbocycles. The average Bonchev–Trinajstić information content (AvgIpc) is 3.31. The standard InChI is InChI=1S/C24H21Cl2N3O3/c1-3-21(22-27-20-9-5-4-8-17(20)24(31)28(22)2)29(14-16-7-6-12-32-16)23(30)15-10-11-18(25)19(26)13-15/h4-13,21H,3,14H2,1-2H3. The van der Waals surface area contributed by atoms with E-state index in [1.54, 1.807) is 66.7 Å². The van der Waals surface area contributed by atoms with E-state index in [0.717, 1.165) is 0 Å². The number of halogens is 2. The lowest BCUT2D eigenvalue weighted by atomic mass is 10.1. The van der Waals surface area contributed by atoms with Crippen molar-refractivity contribution in [3.05, 3.63) is 98.4 Å². The van der Waals surface area contributed by atoms with Gasteiger partial charge in [-0.2, -0.15) is 0 Å². The van der Waals surface area contributed by atoms with E-state index >= 15 is 0 Å². The molecule has 4 rings (SSSR count). The van der Waals surface area contributed by atoms with Crippen LogP contribution in [0.4, 0.5) is 0 Å². The Labute approximate surface area is 195 Å². The van der Waals surface area contributed by atoms with Gasteiger partial charge in [0.15, 0.2) is 0 Å². The van der Waals surface area contributed by atoms with Crippen molar-refractivity contribution in [1.29, 1.82) is 0 Å². The SMILES string of the molecule is CCC(c1nc2ccccc2c(=O)n1C)N(Cc1ccco1)C(=O)c1ccc(Cl)c(Cl)c1. The van der Waals surface area contributed by atoms with Crippen LogP contribution < -0.4 is 5.56 Å². The lowest BCUT2D eigenvalue weighted by Gasteiger charge is -2.31. The van der Waals surface area contributed by atoms with Crippen LogP contribution in [-0.4, -0.2) is 20.4 Å². The zero-order chi connectivity index (χ0) is 22.8. The van der Waals surface area contributed by atoms with Crippen molar-refractivity contribution in [1.82, 2.24) is 14.5 Å². The summed E-state index contributed by atoms with van der Waals surface area (Å²) in [6.07, 6.45) is 2.09. The van der Waals surface area contributed by atoms with Crippen LogP contribution in [0.1, 0.15) is 41.3 Å². The van der Waals surface area contributed by atoms with Crippen molar-refractivity contribution >= 4 is 40.0 Å². The van der Waals surface area contributed by atoms with Gasteiger partial charge in [-0.25, -0.2) is 4.98 Å². The van der Waals surface area contributed by atoms with Crippen LogP contribution in [0.2, 0.25) is 10.0 Å². The third-order valence-corrected chi connectivity index (χ3v) is 6.15. The Bertz CT molecular complexity index is 1330. The lowest BCUT2D eigenvalue weighted by molar-refractivity contribution is 0.0622. The first kappa shape index (κ1) is 22.1. The molecule has 0 radical (unpaired) electrons. The number of carbonyl (C=O) groups is 1. The number of furan rings is 1. The molecule has 2 heterocycles. The van der Waals surface area contributed by atoms with Gasteiger partial charge < -0.3 is 9.32 Å². The number of nitrogens with zero attached hydrogens (tertiary/aromatic N) is 3. The fraction of sp³-hybridized carbons (Fsp3) is 0.208. The molecule has 4 aromatic rings. The van der Waals surface area contributed by atoms with Crippen molar-refractivity contribution in [3.63, 3.8) is 0 Å². The van der Waals surface area contributed by atoms with Crippen molar-refractivity contribution < 1.29 is 9.21 Å². The normalized spacial score (nSPS) is 12.1. The van der Waals surface area contributed by atoms with Gasteiger partial charge in [-0.05, 0) is 48.9 Å². The number of hydrogen-bond donors (Lipinski definition) is 0. The monoisotopic (exact) mass is 469 g/mol. The van der Waals surface area contributed by atoms with E-state index in [0.29, 0.717) is 44.5 Å². The highest BCUT2D eigenvalue weighted by Gasteiger charge is 2.29. The van der Waals surface area contributed by atoms with Gasteiger partial charge in [0.05, 0.1) is 39.8 Å². The molecular weight excluding hydrogens is 449 g/mol. The number of para-hydroxylation sites is 1. The zero-order valence-electron chi connectivity index (χ0n) is 17.6. The maximum Gasteiger partial charge on any atom is 0.261 e. The fourth-order valence-electron chi connectivity index (χ4n) is 3.76. The molecular formula is C24H21Cl2N3O3. The van der Waals surface area contributed by atoms with Crippen molar-refractivity contribution in [2.75, 3.05) is 0 Å². The summed E-state index contributed by atoms with van der Waals surface area (Å²) in [5.74, 6) is 0.841. The lowest BCUT2D eigenvalue weighted by Crippen LogP contribution is -2.38. The summed E-state index contributed by atoms with van der Waals surface area (Å²) in [6.45, 7) is 2.15. The largest absolute Gasteiger partial charge is 0.467 e. The van der Waals surface area contributed by atoms with Gasteiger partial charge in [0.1, 0.15) is 11.6 Å². The van der Waals surface area contributed by atoms with E-state index < -0.39 is 6.04 Å². The third-order valence-electron chi connectivity index (χ3n) is 5.41. The van der Waals surface area contributed by atoms with Crippen LogP contribution in [0, 0.1) is 0 Å². The molecule has 1 atom stereocenters. The molecule has 0 N–H and O–H groups in total. The molecule has 1 unspecified atom stereocenters. The van der Waals surface area contributed by atoms with E-state index in [1.165, 1.54) is 4.57 Å². The summed E-state index contributed by atoms with van der Waals surface area (Å²) in [7, 11) is 1.68. The van der Waals surface area contributed by atoms with Crippen LogP contribution >= 0.6 is 23.2 Å². The van der Waals surface area contributed by atoms with Crippen LogP contribution in [0.25, 0.3) is 10.9 Å². The first-order valence-corrected chi connectivity index (χ1v) is 10.9. The third kappa shape index (κ3) is 4.16. The Kier molecular flexibility index (Phi) is 6.35. The average molecular weight is 470 g/mol. The number of hydrogen-bond acceptors (Lipinski definition) is 4. The number of carbonyl (C=O) groups excluding carboxylic acids is 1. The molecule has 0 saturated carbocycles. The Morgan fingerprint density at radius 2 is 1.91 bits per heavy atom. The molecule has 0 aliphatic rings. The van der Waals surface area contributed by atoms with Crippen LogP contribution in [0.3, 0.4) is 0 Å². The van der Waals surface area contributed by atoms with Gasteiger partial charge in [-0.3, -0.25) is 14.2 Å². The topological polar surface area (TPSA) is 68.3 Å². The van der Waals surface area contributed by atoms with Crippen molar-refractivity contribution in [2.24, 2.45) is 7.05 Å². The second-order valence-electron chi connectivity index (χ2n) is 7.42. The van der Waals surface area contributed by atoms with Gasteiger partial charge >= 0.3 is 0 Å². The molecule has 2 aromatic carbocycles. The second-order valence-corrected chi connectivity index (χ2v) is 8.23. The van der Waals surface area contributed by atoms with Crippen LogP contribution in [-0.2, 0) is 13.6 Å². The summed E-state index contributed by atoms with van der Waals surface area (Å²) in [6, 6.07) is 15.0. The summed E-state index contributed by atoms with van der Waals surface area (Å²) in [5.41, 5.74) is 0.808. The molecule has 1 amide bonds. The minimum atomic E-state index is -0.482. The van der Waals surface area contributed by atoms with Gasteiger partial charge in [0.2, 0.25) is 0 Å². The minimum Gasteiger partial charge on any atom is -0.467 e. The molecule has 2 aromatic heterocycles. The Hall–Kier alpha value is -3.09. The Morgan fingerprint density at radius 1 is 1.12 bits per heavy atom. The summed E-state index contributed by atoms with van der Waals surface area (Å²) >= 11 is 12.2. The van der Waals surface area contributed by atoms with Gasteiger partial charge in [0, 0.05) is 12.6 Å². The van der Waals surface area contributed by atoms with E-state index in [-0.39, 0.29) is 18.0 Å². The molecule has 0 aliphatic heterocycles. The van der Waals surface area contributed by atoms with Crippen molar-refractivity contribution in [3.8, 4) is 0 Å². The molecule has 0 bridgehead atoms. The molecule has 0 saturated heterocycles. The van der Waals surface area contributed by atoms with Crippen LogP contribution in [0.15, 0.2) is 70.1 Å². The maximum absolute atomic E-state index is 13.6. The number of fused-ring (bicyclic) bond motifs is 1. The highest BCUT2D eigenvalue weighted by Crippen LogP contribution is 2.29. The molecule has 8 heteroatoms. The second kappa shape index (κ2) is 9.18. The van der Waals surface area contributed by atoms with Gasteiger partial charge in [0.25, 0.3) is 11.5 Å². The highest BCUT2D eigenvalue weighted by atomic mass is 35.5. The Balaban J connectivity index is 1.84. The summed E-state index contributed by atoms with van der Waals surface area (Å²) in [4.78, 5) is 33.0. The summed E-state index contributed by atoms with van der Waals surface area (Å²) < 4.78 is 7.03. The smallest absolute Gasteiger partial charge is 0.261 e. The predicted octanol–water partition coefficient (Wildman–Crippen LogP) is 5.63. The van der Waals surface area contributed by atoms with E-state index in [2.05, 4.69) is 0 Å². The van der Waals surface area contributed by atoms with E-state index in [4.69, 9.17) is 32.6 Å². The minimum absolute atomic E-state index is 0.163. The molecule has 0 fully saturated rings. The maximum atomic E-state index is 13.6. The predicted molar refractivity (Wildman–Crippen MR) is 125 cm³/mol. The fourth-order valence-corrected chi connectivity index (χ4v) is 4.06. The quantitative estimate of drug-likeness (QED) is 0.367. The van der Waals surface area contributed by atoms with Gasteiger partial charge in [-0.1, -0.05) is 42.3 Å². The Morgan fingerprint density at radius 3 is 2.59 bits per heavy atom. The number of rotatable bonds is 6. The van der Waals surface area contributed by atoms with Gasteiger partial charge in [-0.15, -0.1) is 0 Å². The highest BCUT2D eigenvalue weighted by molar-refractivity contribution is 6.42. The van der Waals surface area contributed by atoms with Crippen LogP contribution in [0.5, 0.6) is 0 Å². The molecule has 0 spiro atoms. The number of amides is 1. The van der Waals surface area contributed by atoms with Crippen molar-refractivity contribution in [2.45, 2.75) is 25.9 Å². The molecule has 6 nitrogen and oxygen atoms in total. The van der Waals surface area contributed by atoms with E-state index in [1.807, 2.05) is 13.0 Å². The molecule has 164 valence electrons. The number of aromatic nitrogens is 2. The number of benzene rings is 2. The summed E-state index contributed by atoms with van der Waals surface area (Å²) in [5, 5.41) is 1.19. The first-order chi connectivity index (χ1) is 15.4. The zero-order valence-corrected chi connectivity index (χ0v) is 19.1. The van der Waals surface area contributed by atoms with E-state index in [9.17, 15) is 9.59 Å². The molecule has 32 heavy (non-hydrogen) atoms.